The van der Waals surface area contributed by atoms with E-state index in [1.807, 2.05) is 0 Å². The second kappa shape index (κ2) is 4.05. The van der Waals surface area contributed by atoms with Gasteiger partial charge in [-0.1, -0.05) is 23.2 Å². The number of nitrogens with zero attached hydrogens (tertiary/aromatic N) is 1. The first-order valence-corrected chi connectivity index (χ1v) is 4.97. The summed E-state index contributed by atoms with van der Waals surface area (Å²) in [5.74, 6) is 0.427. The van der Waals surface area contributed by atoms with Gasteiger partial charge in [-0.2, -0.15) is 0 Å². The molecule has 0 saturated heterocycles. The second-order valence-corrected chi connectivity index (χ2v) is 3.80. The summed E-state index contributed by atoms with van der Waals surface area (Å²) in [6.07, 6.45) is 1.61. The Balaban J connectivity index is 2.84. The second-order valence-electron chi connectivity index (χ2n) is 2.26. The minimum Gasteiger partial charge on any atom is -0.350 e. The van der Waals surface area contributed by atoms with E-state index in [-0.39, 0.29) is 5.88 Å². The van der Waals surface area contributed by atoms with E-state index >= 15 is 0 Å². The van der Waals surface area contributed by atoms with Crippen LogP contribution in [0.4, 0.5) is 0 Å². The molecule has 1 unspecified atom stereocenters. The fourth-order valence-electron chi connectivity index (χ4n) is 0.791. The molecule has 1 N–H and O–H groups in total. The van der Waals surface area contributed by atoms with Crippen LogP contribution in [0.3, 0.4) is 0 Å². The molecule has 1 atom stereocenters. The van der Waals surface area contributed by atoms with Gasteiger partial charge in [0.25, 0.3) is 0 Å². The number of allylic oxidation sites excluding steroid dienone is 2. The van der Waals surface area contributed by atoms with Crippen molar-refractivity contribution >= 4 is 51.6 Å². The lowest BCUT2D eigenvalue weighted by atomic mass is 10.3. The molecule has 12 heavy (non-hydrogen) atoms. The minimum absolute atomic E-state index is 0.124. The summed E-state index contributed by atoms with van der Waals surface area (Å²) in [7, 11) is 0. The van der Waals surface area contributed by atoms with Crippen LogP contribution in [0.25, 0.3) is 0 Å². The minimum atomic E-state index is -1.04. The van der Waals surface area contributed by atoms with Crippen LogP contribution >= 0.6 is 46.4 Å². The van der Waals surface area contributed by atoms with Crippen molar-refractivity contribution in [1.82, 2.24) is 5.32 Å². The van der Waals surface area contributed by atoms with Crippen LogP contribution in [0.5, 0.6) is 0 Å². The van der Waals surface area contributed by atoms with E-state index in [9.17, 15) is 0 Å². The number of hydrogen-bond donors (Lipinski definition) is 1. The molecule has 1 heterocycles. The predicted octanol–water partition coefficient (Wildman–Crippen LogP) is 2.48. The third kappa shape index (κ3) is 2.43. The molecule has 0 bridgehead atoms. The predicted molar refractivity (Wildman–Crippen MR) is 54.5 cm³/mol. The molecule has 2 nitrogen and oxygen atoms in total. The van der Waals surface area contributed by atoms with Gasteiger partial charge in [-0.15, -0.1) is 23.2 Å². The number of alkyl halides is 3. The Morgan fingerprint density at radius 2 is 2.17 bits per heavy atom. The lowest BCUT2D eigenvalue weighted by Gasteiger charge is -2.27. The van der Waals surface area contributed by atoms with Gasteiger partial charge in [0.1, 0.15) is 5.17 Å². The summed E-state index contributed by atoms with van der Waals surface area (Å²) in [6.45, 7) is 0. The van der Waals surface area contributed by atoms with Crippen LogP contribution in [0.2, 0.25) is 0 Å². The van der Waals surface area contributed by atoms with Crippen molar-refractivity contribution in [3.8, 4) is 0 Å². The normalized spacial score (nSPS) is 29.0. The van der Waals surface area contributed by atoms with E-state index < -0.39 is 5.12 Å². The van der Waals surface area contributed by atoms with Crippen molar-refractivity contribution in [2.24, 2.45) is 4.99 Å². The highest BCUT2D eigenvalue weighted by molar-refractivity contribution is 6.68. The van der Waals surface area contributed by atoms with Crippen LogP contribution in [0.1, 0.15) is 0 Å². The van der Waals surface area contributed by atoms with Crippen LogP contribution in [-0.4, -0.2) is 22.1 Å². The van der Waals surface area contributed by atoms with Crippen molar-refractivity contribution in [3.63, 3.8) is 0 Å². The summed E-state index contributed by atoms with van der Waals surface area (Å²) in [5.41, 5.74) is 0.715. The molecule has 0 radical (unpaired) electrons. The zero-order valence-corrected chi connectivity index (χ0v) is 8.97. The summed E-state index contributed by atoms with van der Waals surface area (Å²) < 4.78 is 0. The molecule has 0 spiro atoms. The van der Waals surface area contributed by atoms with Crippen molar-refractivity contribution in [2.45, 2.75) is 5.12 Å². The highest BCUT2D eigenvalue weighted by Gasteiger charge is 2.28. The highest BCUT2D eigenvalue weighted by atomic mass is 35.5. The molecule has 0 aromatic rings. The van der Waals surface area contributed by atoms with Crippen LogP contribution < -0.4 is 5.32 Å². The van der Waals surface area contributed by atoms with Gasteiger partial charge >= 0.3 is 0 Å². The molecule has 0 amide bonds. The smallest absolute Gasteiger partial charge is 0.221 e. The van der Waals surface area contributed by atoms with Gasteiger partial charge in [-0.25, -0.2) is 4.99 Å². The maximum absolute atomic E-state index is 5.91. The van der Waals surface area contributed by atoms with Crippen molar-refractivity contribution < 1.29 is 0 Å². The van der Waals surface area contributed by atoms with Gasteiger partial charge in [0.15, 0.2) is 0 Å². The van der Waals surface area contributed by atoms with Crippen LogP contribution in [0, 0.1) is 0 Å². The molecule has 0 aromatic carbocycles. The van der Waals surface area contributed by atoms with Crippen molar-refractivity contribution in [1.29, 1.82) is 0 Å². The van der Waals surface area contributed by atoms with Gasteiger partial charge in [0.05, 0.1) is 11.8 Å². The monoisotopic (exact) mass is 246 g/mol. The highest BCUT2D eigenvalue weighted by Crippen LogP contribution is 2.22. The summed E-state index contributed by atoms with van der Waals surface area (Å²) in [5, 5.41) is 2.11. The average Bonchev–Trinajstić information content (AvgIpc) is 2.03. The topological polar surface area (TPSA) is 24.4 Å². The zero-order chi connectivity index (χ0) is 9.19. The largest absolute Gasteiger partial charge is 0.350 e. The van der Waals surface area contributed by atoms with Gasteiger partial charge in [-0.05, 0) is 6.08 Å². The first-order chi connectivity index (χ1) is 5.59. The Kier molecular flexibility index (Phi) is 3.53. The lowest BCUT2D eigenvalue weighted by molar-refractivity contribution is 0.575. The quantitative estimate of drug-likeness (QED) is 0.589. The standard InChI is InChI=1S/C6H6Cl4N2/c7-2-4-1-5(9)12-6(10,3-8)11-4/h1,11H,2-3H2. The van der Waals surface area contributed by atoms with Gasteiger partial charge in [0, 0.05) is 5.70 Å². The van der Waals surface area contributed by atoms with Gasteiger partial charge in [0.2, 0.25) is 5.12 Å². The Labute approximate surface area is 90.5 Å². The number of aliphatic imine (C=N–C) groups is 1. The SMILES string of the molecule is ClCC1=CC(Cl)=NC(Cl)(CCl)N1. The zero-order valence-electron chi connectivity index (χ0n) is 5.95. The van der Waals surface area contributed by atoms with E-state index in [1.54, 1.807) is 6.08 Å². The Hall–Kier alpha value is 0.370. The number of nitrogens with one attached hydrogen (secondary N) is 1. The van der Waals surface area contributed by atoms with E-state index in [2.05, 4.69) is 10.3 Å². The summed E-state index contributed by atoms with van der Waals surface area (Å²) in [4.78, 5) is 3.90. The molecular weight excluding hydrogens is 242 g/mol. The average molecular weight is 248 g/mol. The molecule has 0 fully saturated rings. The molecule has 1 aliphatic rings. The first kappa shape index (κ1) is 10.5. The molecular formula is C6H6Cl4N2. The third-order valence-electron chi connectivity index (χ3n) is 1.25. The molecule has 1 aliphatic heterocycles. The molecule has 0 aromatic heterocycles. The Bertz CT molecular complexity index is 238. The Morgan fingerprint density at radius 3 is 2.67 bits per heavy atom. The fourth-order valence-corrected chi connectivity index (χ4v) is 1.59. The van der Waals surface area contributed by atoms with E-state index in [1.165, 1.54) is 0 Å². The van der Waals surface area contributed by atoms with Gasteiger partial charge in [-0.3, -0.25) is 0 Å². The van der Waals surface area contributed by atoms with Gasteiger partial charge < -0.3 is 5.32 Å². The molecule has 0 aliphatic carbocycles. The summed E-state index contributed by atoms with van der Waals surface area (Å²) in [6, 6.07) is 0. The molecule has 0 saturated carbocycles. The molecule has 68 valence electrons. The maximum Gasteiger partial charge on any atom is 0.221 e. The lowest BCUT2D eigenvalue weighted by Crippen LogP contribution is -2.42. The van der Waals surface area contributed by atoms with Crippen LogP contribution in [-0.2, 0) is 0 Å². The van der Waals surface area contributed by atoms with E-state index in [4.69, 9.17) is 46.4 Å². The summed E-state index contributed by atoms with van der Waals surface area (Å²) >= 11 is 22.8. The molecule has 1 rings (SSSR count). The van der Waals surface area contributed by atoms with Crippen LogP contribution in [0.15, 0.2) is 16.8 Å². The van der Waals surface area contributed by atoms with Crippen molar-refractivity contribution in [3.05, 3.63) is 11.8 Å². The van der Waals surface area contributed by atoms with Crippen molar-refractivity contribution in [2.75, 3.05) is 11.8 Å². The number of hydrogen-bond acceptors (Lipinski definition) is 2. The third-order valence-corrected chi connectivity index (χ3v) is 2.57. The Morgan fingerprint density at radius 1 is 1.50 bits per heavy atom. The van der Waals surface area contributed by atoms with E-state index in [0.717, 1.165) is 0 Å². The van der Waals surface area contributed by atoms with E-state index in [0.29, 0.717) is 16.7 Å². The maximum atomic E-state index is 5.91. The fraction of sp³-hybridized carbons (Fsp3) is 0.500. The number of halogens is 4. The number of rotatable bonds is 2. The molecule has 6 heteroatoms. The first-order valence-electron chi connectivity index (χ1n) is 3.14.